The quantitative estimate of drug-likeness (QED) is 0.478. The van der Waals surface area contributed by atoms with E-state index in [-0.39, 0.29) is 23.1 Å². The molecule has 1 aromatic heterocycles. The Morgan fingerprint density at radius 2 is 1.39 bits per heavy atom. The van der Waals surface area contributed by atoms with Gasteiger partial charge in [-0.3, -0.25) is 0 Å². The van der Waals surface area contributed by atoms with Crippen molar-refractivity contribution in [1.82, 2.24) is 15.0 Å². The third-order valence-electron chi connectivity index (χ3n) is 4.74. The van der Waals surface area contributed by atoms with Gasteiger partial charge in [0.2, 0.25) is 0 Å². The van der Waals surface area contributed by atoms with E-state index in [0.29, 0.717) is 28.1 Å². The summed E-state index contributed by atoms with van der Waals surface area (Å²) in [4.78, 5) is 25.3. The molecule has 0 atom stereocenters. The summed E-state index contributed by atoms with van der Waals surface area (Å²) in [6.07, 6.45) is 0. The number of ether oxygens (including phenoxy) is 1. The van der Waals surface area contributed by atoms with Crippen LogP contribution in [0, 0.1) is 6.92 Å². The average Bonchev–Trinajstić information content (AvgIpc) is 2.80. The minimum atomic E-state index is -0.442. The maximum absolute atomic E-state index is 11.7. The molecule has 0 aliphatic carbocycles. The highest BCUT2D eigenvalue weighted by atomic mass is 16.5. The molecule has 0 spiro atoms. The molecule has 0 aliphatic heterocycles. The fraction of sp³-hybridized carbons (Fsp3) is 0.0833. The molecule has 0 amide bonds. The molecular weight excluding hydrogens is 394 g/mol. The van der Waals surface area contributed by atoms with Crippen molar-refractivity contribution in [3.05, 3.63) is 77.9 Å². The fourth-order valence-corrected chi connectivity index (χ4v) is 3.11. The maximum Gasteiger partial charge on any atom is 0.337 e. The Morgan fingerprint density at radius 1 is 0.774 bits per heavy atom. The Bertz CT molecular complexity index is 1270. The molecule has 0 unspecified atom stereocenters. The second-order valence-corrected chi connectivity index (χ2v) is 6.91. The normalized spacial score (nSPS) is 10.6. The molecule has 0 fully saturated rings. The van der Waals surface area contributed by atoms with Crippen LogP contribution in [0.25, 0.3) is 34.2 Å². The smallest absolute Gasteiger partial charge is 0.337 e. The lowest BCUT2D eigenvalue weighted by Gasteiger charge is -2.11. The standard InChI is InChI=1S/C24H19N3O4/c1-14-7-12-20(29)18(13-14)23-26-21(15-8-10-16(11-9-15)24(30)31-2)25-22(27-23)17-5-3-4-6-19(17)28/h3-13,28-29H,1-2H3. The van der Waals surface area contributed by atoms with Crippen molar-refractivity contribution >= 4 is 5.97 Å². The van der Waals surface area contributed by atoms with Crippen LogP contribution in [0.2, 0.25) is 0 Å². The van der Waals surface area contributed by atoms with Gasteiger partial charge in [0.1, 0.15) is 11.5 Å². The van der Waals surface area contributed by atoms with Crippen LogP contribution < -0.4 is 0 Å². The number of rotatable bonds is 4. The van der Waals surface area contributed by atoms with Gasteiger partial charge in [-0.25, -0.2) is 19.7 Å². The van der Waals surface area contributed by atoms with Gasteiger partial charge in [-0.1, -0.05) is 35.9 Å². The number of aromatic nitrogens is 3. The molecule has 31 heavy (non-hydrogen) atoms. The van der Waals surface area contributed by atoms with Crippen molar-refractivity contribution in [2.24, 2.45) is 0 Å². The number of nitrogens with zero attached hydrogens (tertiary/aromatic N) is 3. The third-order valence-corrected chi connectivity index (χ3v) is 4.74. The number of carbonyl (C=O) groups is 1. The molecule has 0 saturated carbocycles. The third kappa shape index (κ3) is 4.06. The first-order valence-electron chi connectivity index (χ1n) is 9.49. The van der Waals surface area contributed by atoms with E-state index in [4.69, 9.17) is 4.74 Å². The zero-order valence-electron chi connectivity index (χ0n) is 16.9. The summed E-state index contributed by atoms with van der Waals surface area (Å²) in [5.41, 5.74) is 2.86. The summed E-state index contributed by atoms with van der Waals surface area (Å²) < 4.78 is 4.74. The first kappa shape index (κ1) is 20.0. The Balaban J connectivity index is 1.91. The van der Waals surface area contributed by atoms with Crippen LogP contribution in [0.15, 0.2) is 66.7 Å². The first-order chi connectivity index (χ1) is 15.0. The van der Waals surface area contributed by atoms with E-state index in [1.807, 2.05) is 6.92 Å². The minimum Gasteiger partial charge on any atom is -0.507 e. The number of hydrogen-bond donors (Lipinski definition) is 2. The van der Waals surface area contributed by atoms with E-state index in [2.05, 4.69) is 15.0 Å². The minimum absolute atomic E-state index is 0.0279. The highest BCUT2D eigenvalue weighted by Crippen LogP contribution is 2.32. The van der Waals surface area contributed by atoms with E-state index < -0.39 is 5.97 Å². The lowest BCUT2D eigenvalue weighted by atomic mass is 10.1. The van der Waals surface area contributed by atoms with Crippen LogP contribution in [0.3, 0.4) is 0 Å². The summed E-state index contributed by atoms with van der Waals surface area (Å²) in [6.45, 7) is 1.90. The number of phenols is 2. The second-order valence-electron chi connectivity index (χ2n) is 6.91. The zero-order valence-corrected chi connectivity index (χ0v) is 16.9. The molecule has 0 aliphatic rings. The monoisotopic (exact) mass is 413 g/mol. The number of aryl methyl sites for hydroxylation is 1. The van der Waals surface area contributed by atoms with Crippen molar-refractivity contribution < 1.29 is 19.7 Å². The summed E-state index contributed by atoms with van der Waals surface area (Å²) in [5.74, 6) is 0.479. The highest BCUT2D eigenvalue weighted by molar-refractivity contribution is 5.89. The van der Waals surface area contributed by atoms with Crippen molar-refractivity contribution in [3.8, 4) is 45.7 Å². The van der Waals surface area contributed by atoms with Crippen molar-refractivity contribution in [1.29, 1.82) is 0 Å². The van der Waals surface area contributed by atoms with E-state index in [1.165, 1.54) is 7.11 Å². The molecule has 0 radical (unpaired) electrons. The maximum atomic E-state index is 11.7. The Kier molecular flexibility index (Phi) is 5.32. The van der Waals surface area contributed by atoms with Crippen LogP contribution in [-0.2, 0) is 4.74 Å². The zero-order chi connectivity index (χ0) is 22.0. The summed E-state index contributed by atoms with van der Waals surface area (Å²) in [7, 11) is 1.32. The Morgan fingerprint density at radius 3 is 2.06 bits per heavy atom. The van der Waals surface area contributed by atoms with Gasteiger partial charge in [0.25, 0.3) is 0 Å². The number of carbonyl (C=O) groups excluding carboxylic acids is 1. The van der Waals surface area contributed by atoms with Crippen LogP contribution in [0.4, 0.5) is 0 Å². The number of phenolic OH excluding ortho intramolecular Hbond substituents is 2. The molecule has 0 saturated heterocycles. The van der Waals surface area contributed by atoms with Crippen molar-refractivity contribution in [3.63, 3.8) is 0 Å². The molecule has 7 nitrogen and oxygen atoms in total. The van der Waals surface area contributed by atoms with Crippen LogP contribution in [-0.4, -0.2) is 38.2 Å². The lowest BCUT2D eigenvalue weighted by Crippen LogP contribution is -2.02. The molecule has 4 aromatic rings. The number of esters is 1. The number of benzene rings is 3. The fourth-order valence-electron chi connectivity index (χ4n) is 3.11. The molecule has 4 rings (SSSR count). The number of para-hydroxylation sites is 1. The lowest BCUT2D eigenvalue weighted by molar-refractivity contribution is 0.0600. The second kappa shape index (κ2) is 8.23. The van der Waals surface area contributed by atoms with Gasteiger partial charge in [-0.2, -0.15) is 0 Å². The predicted molar refractivity (Wildman–Crippen MR) is 116 cm³/mol. The highest BCUT2D eigenvalue weighted by Gasteiger charge is 2.17. The number of aromatic hydroxyl groups is 2. The summed E-state index contributed by atoms with van der Waals surface area (Å²) in [6, 6.07) is 18.5. The molecule has 7 heteroatoms. The molecule has 3 aromatic carbocycles. The van der Waals surface area contributed by atoms with Crippen LogP contribution in [0.1, 0.15) is 15.9 Å². The molecule has 154 valence electrons. The molecule has 0 bridgehead atoms. The van der Waals surface area contributed by atoms with Crippen molar-refractivity contribution in [2.75, 3.05) is 7.11 Å². The van der Waals surface area contributed by atoms with E-state index >= 15 is 0 Å². The van der Waals surface area contributed by atoms with Gasteiger partial charge in [0.05, 0.1) is 23.8 Å². The molecular formula is C24H19N3O4. The van der Waals surface area contributed by atoms with Gasteiger partial charge in [0, 0.05) is 5.56 Å². The van der Waals surface area contributed by atoms with Gasteiger partial charge in [-0.05, 0) is 43.3 Å². The predicted octanol–water partition coefficient (Wildman–Crippen LogP) is 4.38. The van der Waals surface area contributed by atoms with Gasteiger partial charge >= 0.3 is 5.97 Å². The summed E-state index contributed by atoms with van der Waals surface area (Å²) >= 11 is 0. The van der Waals surface area contributed by atoms with Crippen LogP contribution >= 0.6 is 0 Å². The van der Waals surface area contributed by atoms with E-state index in [9.17, 15) is 15.0 Å². The van der Waals surface area contributed by atoms with E-state index in [0.717, 1.165) is 5.56 Å². The molecule has 2 N–H and O–H groups in total. The SMILES string of the molecule is COC(=O)c1ccc(-c2nc(-c3ccccc3O)nc(-c3cc(C)ccc3O)n2)cc1. The van der Waals surface area contributed by atoms with Crippen molar-refractivity contribution in [2.45, 2.75) is 6.92 Å². The van der Waals surface area contributed by atoms with Gasteiger partial charge < -0.3 is 14.9 Å². The van der Waals surface area contributed by atoms with Crippen LogP contribution in [0.5, 0.6) is 11.5 Å². The van der Waals surface area contributed by atoms with Gasteiger partial charge in [0.15, 0.2) is 17.5 Å². The number of methoxy groups -OCH3 is 1. The van der Waals surface area contributed by atoms with E-state index in [1.54, 1.807) is 66.7 Å². The largest absolute Gasteiger partial charge is 0.507 e. The Hall–Kier alpha value is -4.26. The average molecular weight is 413 g/mol. The van der Waals surface area contributed by atoms with Gasteiger partial charge in [-0.15, -0.1) is 0 Å². The topological polar surface area (TPSA) is 105 Å². The number of hydrogen-bond acceptors (Lipinski definition) is 7. The summed E-state index contributed by atoms with van der Waals surface area (Å²) in [5, 5.41) is 20.7. The first-order valence-corrected chi connectivity index (χ1v) is 9.49. The molecule has 1 heterocycles. The Labute approximate surface area is 178 Å².